The lowest BCUT2D eigenvalue weighted by atomic mass is 10.0. The highest BCUT2D eigenvalue weighted by Crippen LogP contribution is 2.27. The molecule has 0 aromatic heterocycles. The maximum Gasteiger partial charge on any atom is 0.250 e. The van der Waals surface area contributed by atoms with E-state index in [1.165, 1.54) is 18.4 Å². The standard InChI is InChI=1S/C22H24N2O2/c25-22(19-14-18-10-4-5-11-21(18)26-16-19)23-15-20(24-12-6-7-13-24)17-8-2-1-3-9-17/h1-5,8-11,14,20H,6-7,12-13,15-16H2,(H,23,25). The quantitative estimate of drug-likeness (QED) is 0.900. The Kier molecular flexibility index (Phi) is 5.02. The van der Waals surface area contributed by atoms with Crippen LogP contribution in [0.3, 0.4) is 0 Å². The summed E-state index contributed by atoms with van der Waals surface area (Å²) < 4.78 is 5.71. The zero-order valence-corrected chi connectivity index (χ0v) is 14.9. The number of fused-ring (bicyclic) bond motifs is 1. The Morgan fingerprint density at radius 2 is 1.77 bits per heavy atom. The summed E-state index contributed by atoms with van der Waals surface area (Å²) in [5.41, 5.74) is 2.90. The molecule has 4 nitrogen and oxygen atoms in total. The van der Waals surface area contributed by atoms with Gasteiger partial charge < -0.3 is 10.1 Å². The summed E-state index contributed by atoms with van der Waals surface area (Å²) >= 11 is 0. The number of nitrogens with one attached hydrogen (secondary N) is 1. The van der Waals surface area contributed by atoms with Crippen molar-refractivity contribution in [3.05, 3.63) is 71.3 Å². The molecule has 0 radical (unpaired) electrons. The summed E-state index contributed by atoms with van der Waals surface area (Å²) in [5, 5.41) is 3.13. The molecule has 1 fully saturated rings. The topological polar surface area (TPSA) is 41.6 Å². The van der Waals surface area contributed by atoms with E-state index in [1.807, 2.05) is 36.4 Å². The Bertz CT molecular complexity index is 795. The first-order valence-corrected chi connectivity index (χ1v) is 9.31. The number of para-hydroxylation sites is 1. The van der Waals surface area contributed by atoms with Crippen molar-refractivity contribution in [3.63, 3.8) is 0 Å². The Balaban J connectivity index is 1.46. The molecule has 2 aromatic rings. The average Bonchev–Trinajstić information content (AvgIpc) is 3.23. The normalized spacial score (nSPS) is 17.8. The Labute approximate surface area is 154 Å². The third kappa shape index (κ3) is 3.65. The van der Waals surface area contributed by atoms with E-state index in [0.29, 0.717) is 18.7 Å². The van der Waals surface area contributed by atoms with Crippen LogP contribution in [0.2, 0.25) is 0 Å². The maximum absolute atomic E-state index is 12.7. The Morgan fingerprint density at radius 3 is 2.58 bits per heavy atom. The van der Waals surface area contributed by atoms with Gasteiger partial charge >= 0.3 is 0 Å². The molecule has 1 saturated heterocycles. The molecule has 2 aromatic carbocycles. The van der Waals surface area contributed by atoms with Crippen molar-refractivity contribution >= 4 is 12.0 Å². The molecule has 0 spiro atoms. The van der Waals surface area contributed by atoms with Crippen LogP contribution in [0.15, 0.2) is 60.2 Å². The van der Waals surface area contributed by atoms with Crippen LogP contribution >= 0.6 is 0 Å². The van der Waals surface area contributed by atoms with Gasteiger partial charge in [-0.1, -0.05) is 48.5 Å². The van der Waals surface area contributed by atoms with Gasteiger partial charge in [0.2, 0.25) is 0 Å². The Hall–Kier alpha value is -2.59. The van der Waals surface area contributed by atoms with Crippen LogP contribution in [-0.2, 0) is 4.79 Å². The van der Waals surface area contributed by atoms with Crippen molar-refractivity contribution in [2.24, 2.45) is 0 Å². The van der Waals surface area contributed by atoms with Gasteiger partial charge in [-0.2, -0.15) is 0 Å². The smallest absolute Gasteiger partial charge is 0.250 e. The zero-order valence-electron chi connectivity index (χ0n) is 14.9. The van der Waals surface area contributed by atoms with Crippen LogP contribution in [-0.4, -0.2) is 37.0 Å². The largest absolute Gasteiger partial charge is 0.488 e. The number of amides is 1. The van der Waals surface area contributed by atoms with Gasteiger partial charge in [-0.15, -0.1) is 0 Å². The van der Waals surface area contributed by atoms with Gasteiger partial charge in [0, 0.05) is 12.1 Å². The molecule has 1 atom stereocenters. The van der Waals surface area contributed by atoms with Crippen LogP contribution in [0, 0.1) is 0 Å². The summed E-state index contributed by atoms with van der Waals surface area (Å²) in [6.45, 7) is 3.12. The van der Waals surface area contributed by atoms with Gasteiger partial charge in [-0.3, -0.25) is 9.69 Å². The van der Waals surface area contributed by atoms with Gasteiger partial charge in [0.1, 0.15) is 12.4 Å². The first-order valence-electron chi connectivity index (χ1n) is 9.31. The van der Waals surface area contributed by atoms with E-state index >= 15 is 0 Å². The molecule has 2 heterocycles. The van der Waals surface area contributed by atoms with E-state index in [2.05, 4.69) is 34.5 Å². The molecule has 0 saturated carbocycles. The molecule has 1 amide bonds. The minimum absolute atomic E-state index is 0.0420. The summed E-state index contributed by atoms with van der Waals surface area (Å²) in [6, 6.07) is 18.5. The minimum Gasteiger partial charge on any atom is -0.488 e. The predicted octanol–water partition coefficient (Wildman–Crippen LogP) is 3.42. The SMILES string of the molecule is O=C(NCC(c1ccccc1)N1CCCC1)C1=Cc2ccccc2OC1. The monoisotopic (exact) mass is 348 g/mol. The first-order chi connectivity index (χ1) is 12.8. The van der Waals surface area contributed by atoms with E-state index in [-0.39, 0.29) is 11.9 Å². The minimum atomic E-state index is -0.0420. The molecule has 26 heavy (non-hydrogen) atoms. The van der Waals surface area contributed by atoms with Crippen molar-refractivity contribution in [2.75, 3.05) is 26.2 Å². The van der Waals surface area contributed by atoms with Crippen molar-refractivity contribution in [2.45, 2.75) is 18.9 Å². The molecule has 4 heteroatoms. The lowest BCUT2D eigenvalue weighted by Gasteiger charge is -2.28. The fourth-order valence-electron chi connectivity index (χ4n) is 3.74. The average molecular weight is 348 g/mol. The number of rotatable bonds is 5. The molecule has 1 N–H and O–H groups in total. The first kappa shape index (κ1) is 16.9. The highest BCUT2D eigenvalue weighted by atomic mass is 16.5. The molecular formula is C22H24N2O2. The van der Waals surface area contributed by atoms with Gasteiger partial charge in [-0.25, -0.2) is 0 Å². The van der Waals surface area contributed by atoms with Crippen LogP contribution in [0.25, 0.3) is 6.08 Å². The third-order valence-electron chi connectivity index (χ3n) is 5.15. The third-order valence-corrected chi connectivity index (χ3v) is 5.15. The van der Waals surface area contributed by atoms with E-state index in [4.69, 9.17) is 4.74 Å². The number of carbonyl (C=O) groups excluding carboxylic acids is 1. The number of benzene rings is 2. The van der Waals surface area contributed by atoms with Gasteiger partial charge in [0.15, 0.2) is 0 Å². The number of hydrogen-bond acceptors (Lipinski definition) is 3. The number of ether oxygens (including phenoxy) is 1. The molecule has 134 valence electrons. The number of hydrogen-bond donors (Lipinski definition) is 1. The maximum atomic E-state index is 12.7. The molecule has 2 aliphatic rings. The highest BCUT2D eigenvalue weighted by molar-refractivity contribution is 5.99. The second-order valence-corrected chi connectivity index (χ2v) is 6.88. The molecular weight excluding hydrogens is 324 g/mol. The van der Waals surface area contributed by atoms with Crippen molar-refractivity contribution in [3.8, 4) is 5.75 Å². The summed E-state index contributed by atoms with van der Waals surface area (Å²) in [4.78, 5) is 15.1. The molecule has 1 unspecified atom stereocenters. The van der Waals surface area contributed by atoms with Crippen LogP contribution < -0.4 is 10.1 Å². The Morgan fingerprint density at radius 1 is 1.04 bits per heavy atom. The van der Waals surface area contributed by atoms with Gasteiger partial charge in [0.25, 0.3) is 5.91 Å². The summed E-state index contributed by atoms with van der Waals surface area (Å²) in [6.07, 6.45) is 4.39. The van der Waals surface area contributed by atoms with Crippen molar-refractivity contribution in [1.82, 2.24) is 10.2 Å². The van der Waals surface area contributed by atoms with Gasteiger partial charge in [0.05, 0.1) is 11.6 Å². The fourth-order valence-corrected chi connectivity index (χ4v) is 3.74. The second-order valence-electron chi connectivity index (χ2n) is 6.88. The predicted molar refractivity (Wildman–Crippen MR) is 103 cm³/mol. The number of likely N-dealkylation sites (tertiary alicyclic amines) is 1. The van der Waals surface area contributed by atoms with E-state index in [1.54, 1.807) is 0 Å². The highest BCUT2D eigenvalue weighted by Gasteiger charge is 2.25. The van der Waals surface area contributed by atoms with Crippen molar-refractivity contribution in [1.29, 1.82) is 0 Å². The van der Waals surface area contributed by atoms with E-state index in [0.717, 1.165) is 24.4 Å². The second kappa shape index (κ2) is 7.75. The molecule has 0 aliphatic carbocycles. The molecule has 0 bridgehead atoms. The number of nitrogens with zero attached hydrogens (tertiary/aromatic N) is 1. The van der Waals surface area contributed by atoms with Crippen molar-refractivity contribution < 1.29 is 9.53 Å². The fraction of sp³-hybridized carbons (Fsp3) is 0.318. The summed E-state index contributed by atoms with van der Waals surface area (Å²) in [5.74, 6) is 0.794. The molecule has 2 aliphatic heterocycles. The van der Waals surface area contributed by atoms with Gasteiger partial charge in [-0.05, 0) is 43.6 Å². The van der Waals surface area contributed by atoms with E-state index in [9.17, 15) is 4.79 Å². The van der Waals surface area contributed by atoms with Crippen LogP contribution in [0.4, 0.5) is 0 Å². The van der Waals surface area contributed by atoms with Crippen LogP contribution in [0.5, 0.6) is 5.75 Å². The summed E-state index contributed by atoms with van der Waals surface area (Å²) in [7, 11) is 0. The van der Waals surface area contributed by atoms with E-state index < -0.39 is 0 Å². The number of carbonyl (C=O) groups is 1. The van der Waals surface area contributed by atoms with Crippen LogP contribution in [0.1, 0.15) is 30.0 Å². The lowest BCUT2D eigenvalue weighted by Crippen LogP contribution is -2.38. The lowest BCUT2D eigenvalue weighted by molar-refractivity contribution is -0.118. The zero-order chi connectivity index (χ0) is 17.8. The molecule has 4 rings (SSSR count).